The Hall–Kier alpha value is -0.0500. The molecular formula is C5H12NOS+. The van der Waals surface area contributed by atoms with Crippen LogP contribution in [0.15, 0.2) is 4.36 Å². The first-order valence-electron chi connectivity index (χ1n) is 2.89. The summed E-state index contributed by atoms with van der Waals surface area (Å²) in [6.07, 6.45) is 2.34. The minimum Gasteiger partial charge on any atom is -0.247 e. The molecule has 0 amide bonds. The van der Waals surface area contributed by atoms with Crippen LogP contribution in [0.5, 0.6) is 0 Å². The van der Waals surface area contributed by atoms with Gasteiger partial charge in [0.05, 0.1) is 11.5 Å². The Bertz CT molecular complexity index is 167. The fourth-order valence-electron chi connectivity index (χ4n) is 0.951. The van der Waals surface area contributed by atoms with E-state index in [4.69, 9.17) is 0 Å². The number of rotatable bonds is 0. The van der Waals surface area contributed by atoms with Gasteiger partial charge >= 0.3 is 0 Å². The van der Waals surface area contributed by atoms with Crippen molar-refractivity contribution in [1.29, 1.82) is 0 Å². The molecule has 2 nitrogen and oxygen atoms in total. The van der Waals surface area contributed by atoms with Gasteiger partial charge in [-0.3, -0.25) is 0 Å². The summed E-state index contributed by atoms with van der Waals surface area (Å²) in [6, 6.07) is 0. The Morgan fingerprint density at radius 3 is 2.12 bits per heavy atom. The summed E-state index contributed by atoms with van der Waals surface area (Å²) >= 11 is 0. The maximum atomic E-state index is 9.42. The molecule has 1 rings (SSSR count). The Morgan fingerprint density at radius 2 is 1.88 bits per heavy atom. The van der Waals surface area contributed by atoms with Gasteiger partial charge in [0.1, 0.15) is 0 Å². The molecule has 1 aliphatic heterocycles. The van der Waals surface area contributed by atoms with Crippen LogP contribution in [0.4, 0.5) is 0 Å². The fourth-order valence-corrected chi connectivity index (χ4v) is 2.85. The molecule has 1 aliphatic rings. The molecule has 0 aromatic heterocycles. The Labute approximate surface area is 50.5 Å². The van der Waals surface area contributed by atoms with Crippen molar-refractivity contribution >= 4 is 9.73 Å². The van der Waals surface area contributed by atoms with Crippen molar-refractivity contribution in [3.8, 4) is 0 Å². The van der Waals surface area contributed by atoms with E-state index >= 15 is 0 Å². The van der Waals surface area contributed by atoms with Gasteiger partial charge < -0.3 is 0 Å². The molecule has 3 heteroatoms. The largest absolute Gasteiger partial charge is 0.247 e. The quantitative estimate of drug-likeness (QED) is 0.443. The molecule has 0 spiro atoms. The highest BCUT2D eigenvalue weighted by Gasteiger charge is 2.19. The molecule has 8 heavy (non-hydrogen) atoms. The minimum atomic E-state index is -1.42. The third-order valence-corrected chi connectivity index (χ3v) is 4.10. The van der Waals surface area contributed by atoms with E-state index < -0.39 is 9.73 Å². The van der Waals surface area contributed by atoms with Crippen molar-refractivity contribution < 1.29 is 4.21 Å². The van der Waals surface area contributed by atoms with E-state index in [0.29, 0.717) is 0 Å². The van der Waals surface area contributed by atoms with Crippen LogP contribution in [-0.4, -0.2) is 22.8 Å². The van der Waals surface area contributed by atoms with Crippen LogP contribution in [0.1, 0.15) is 12.8 Å². The smallest absolute Gasteiger partial charge is 0.175 e. The van der Waals surface area contributed by atoms with E-state index in [1.807, 2.05) is 0 Å². The summed E-state index contributed by atoms with van der Waals surface area (Å²) in [7, 11) is 0.306. The summed E-state index contributed by atoms with van der Waals surface area (Å²) in [5, 5.41) is 0. The summed E-state index contributed by atoms with van der Waals surface area (Å²) in [6.45, 7) is 0. The monoisotopic (exact) mass is 134 g/mol. The fraction of sp³-hybridized carbons (Fsp3) is 1.00. The van der Waals surface area contributed by atoms with Gasteiger partial charge in [0.2, 0.25) is 0 Å². The van der Waals surface area contributed by atoms with Crippen molar-refractivity contribution in [2.45, 2.75) is 12.8 Å². The SMILES string of the molecule is CN=S1(=[OH+])CCCC1. The zero-order chi connectivity index (χ0) is 6.04. The third kappa shape index (κ3) is 1.02. The highest BCUT2D eigenvalue weighted by atomic mass is 32.2. The first-order chi connectivity index (χ1) is 3.77. The molecule has 0 unspecified atom stereocenters. The van der Waals surface area contributed by atoms with Crippen molar-refractivity contribution in [2.75, 3.05) is 18.6 Å². The van der Waals surface area contributed by atoms with Crippen LogP contribution in [-0.2, 0) is 9.73 Å². The molecule has 1 N–H and O–H groups in total. The molecule has 0 atom stereocenters. The van der Waals surface area contributed by atoms with Gasteiger partial charge in [-0.1, -0.05) is 0 Å². The van der Waals surface area contributed by atoms with Gasteiger partial charge in [-0.25, -0.2) is 4.21 Å². The second-order valence-corrected chi connectivity index (χ2v) is 4.89. The Morgan fingerprint density at radius 1 is 1.38 bits per heavy atom. The van der Waals surface area contributed by atoms with Gasteiger partial charge in [-0.2, -0.15) is 4.36 Å². The Balaban J connectivity index is 2.84. The topological polar surface area (TPSA) is 33.8 Å². The van der Waals surface area contributed by atoms with E-state index in [1.165, 1.54) is 12.8 Å². The lowest BCUT2D eigenvalue weighted by atomic mass is 10.4. The average Bonchev–Trinajstić information content (AvgIpc) is 2.17. The zero-order valence-corrected chi connectivity index (χ0v) is 5.95. The van der Waals surface area contributed by atoms with E-state index in [0.717, 1.165) is 11.5 Å². The average molecular weight is 134 g/mol. The van der Waals surface area contributed by atoms with Crippen LogP contribution in [0.3, 0.4) is 0 Å². The molecule has 1 heterocycles. The van der Waals surface area contributed by atoms with Gasteiger partial charge in [0.25, 0.3) is 0 Å². The van der Waals surface area contributed by atoms with E-state index in [1.54, 1.807) is 7.05 Å². The van der Waals surface area contributed by atoms with Gasteiger partial charge in [-0.15, -0.1) is 0 Å². The summed E-state index contributed by atoms with van der Waals surface area (Å²) in [5.74, 6) is 1.90. The van der Waals surface area contributed by atoms with Gasteiger partial charge in [0, 0.05) is 7.05 Å². The highest BCUT2D eigenvalue weighted by molar-refractivity contribution is 7.93. The maximum Gasteiger partial charge on any atom is 0.175 e. The van der Waals surface area contributed by atoms with Crippen LogP contribution < -0.4 is 0 Å². The molecule has 0 saturated carbocycles. The molecule has 1 saturated heterocycles. The number of hydrogen-bond donors (Lipinski definition) is 0. The lowest BCUT2D eigenvalue weighted by molar-refractivity contribution is 0.725. The number of hydrogen-bond acceptors (Lipinski definition) is 1. The van der Waals surface area contributed by atoms with Gasteiger partial charge in [-0.05, 0) is 12.8 Å². The van der Waals surface area contributed by atoms with Crippen molar-refractivity contribution in [3.05, 3.63) is 0 Å². The summed E-state index contributed by atoms with van der Waals surface area (Å²) in [4.78, 5) is 0. The van der Waals surface area contributed by atoms with E-state index in [2.05, 4.69) is 4.36 Å². The first-order valence-corrected chi connectivity index (χ1v) is 4.77. The molecule has 1 fully saturated rings. The van der Waals surface area contributed by atoms with Gasteiger partial charge in [0.15, 0.2) is 9.73 Å². The lowest BCUT2D eigenvalue weighted by Gasteiger charge is -1.85. The second kappa shape index (κ2) is 2.05. The maximum absolute atomic E-state index is 9.42. The van der Waals surface area contributed by atoms with Crippen molar-refractivity contribution in [2.24, 2.45) is 4.36 Å². The first kappa shape index (κ1) is 6.08. The summed E-state index contributed by atoms with van der Waals surface area (Å²) in [5.41, 5.74) is 0. The predicted molar refractivity (Wildman–Crippen MR) is 36.6 cm³/mol. The van der Waals surface area contributed by atoms with Crippen LogP contribution in [0, 0.1) is 0 Å². The second-order valence-electron chi connectivity index (χ2n) is 2.10. The van der Waals surface area contributed by atoms with Crippen LogP contribution >= 0.6 is 0 Å². The molecule has 0 bridgehead atoms. The highest BCUT2D eigenvalue weighted by Crippen LogP contribution is 2.11. The van der Waals surface area contributed by atoms with E-state index in [9.17, 15) is 4.21 Å². The molecule has 0 radical (unpaired) electrons. The van der Waals surface area contributed by atoms with Crippen molar-refractivity contribution in [1.82, 2.24) is 0 Å². The van der Waals surface area contributed by atoms with Crippen molar-refractivity contribution in [3.63, 3.8) is 0 Å². The van der Waals surface area contributed by atoms with Crippen LogP contribution in [0.2, 0.25) is 0 Å². The molecule has 0 aliphatic carbocycles. The molecule has 0 aromatic rings. The predicted octanol–water partition coefficient (Wildman–Crippen LogP) is 1.04. The normalized spacial score (nSPS) is 25.6. The summed E-state index contributed by atoms with van der Waals surface area (Å²) < 4.78 is 13.4. The zero-order valence-electron chi connectivity index (χ0n) is 5.13. The lowest BCUT2D eigenvalue weighted by Crippen LogP contribution is -1.98. The van der Waals surface area contributed by atoms with Crippen LogP contribution in [0.25, 0.3) is 0 Å². The standard InChI is InChI=1S/C5H11NOS/c1-6-8(7)4-2-3-5-8/h2-5H2,1H3/p+1. The third-order valence-electron chi connectivity index (χ3n) is 1.53. The molecular weight excluding hydrogens is 122 g/mol. The Kier molecular flexibility index (Phi) is 1.56. The molecule has 48 valence electrons. The molecule has 0 aromatic carbocycles. The van der Waals surface area contributed by atoms with E-state index in [-0.39, 0.29) is 0 Å². The minimum absolute atomic E-state index is 0.948. The number of nitrogens with zero attached hydrogens (tertiary/aromatic N) is 1.